The molecule has 2 saturated carbocycles. The maximum absolute atomic E-state index is 13.4. The van der Waals surface area contributed by atoms with Gasteiger partial charge in [0.25, 0.3) is 0 Å². The second-order valence-corrected chi connectivity index (χ2v) is 7.77. The van der Waals surface area contributed by atoms with E-state index in [1.165, 1.54) is 36.0 Å². The Morgan fingerprint density at radius 3 is 2.17 bits per heavy atom. The molecule has 0 unspecified atom stereocenters. The summed E-state index contributed by atoms with van der Waals surface area (Å²) in [7, 11) is 0. The highest BCUT2D eigenvalue weighted by Crippen LogP contribution is 2.62. The van der Waals surface area contributed by atoms with Gasteiger partial charge in [0.1, 0.15) is 0 Å². The summed E-state index contributed by atoms with van der Waals surface area (Å²) in [6.45, 7) is 2.10. The molecule has 2 fully saturated rings. The lowest BCUT2D eigenvalue weighted by Crippen LogP contribution is -2.24. The van der Waals surface area contributed by atoms with Crippen LogP contribution < -0.4 is 0 Å². The molecular weight excluding hydrogens is 292 g/mol. The molecular formula is C23H22O. The molecule has 0 heterocycles. The van der Waals surface area contributed by atoms with Gasteiger partial charge >= 0.3 is 0 Å². The van der Waals surface area contributed by atoms with Gasteiger partial charge in [0.15, 0.2) is 5.78 Å². The van der Waals surface area contributed by atoms with Crippen LogP contribution in [0.4, 0.5) is 0 Å². The zero-order valence-electron chi connectivity index (χ0n) is 14.0. The molecule has 0 amide bonds. The van der Waals surface area contributed by atoms with Crippen molar-refractivity contribution in [3.05, 3.63) is 71.3 Å². The maximum atomic E-state index is 13.4. The molecule has 1 nitrogen and oxygen atoms in total. The van der Waals surface area contributed by atoms with Crippen molar-refractivity contribution in [1.82, 2.24) is 0 Å². The maximum Gasteiger partial charge on any atom is 0.167 e. The summed E-state index contributed by atoms with van der Waals surface area (Å²) in [6, 6.07) is 19.1. The third-order valence-electron chi connectivity index (χ3n) is 6.49. The monoisotopic (exact) mass is 314 g/mol. The Morgan fingerprint density at radius 2 is 1.46 bits per heavy atom. The Bertz CT molecular complexity index is 828. The predicted octanol–water partition coefficient (Wildman–Crippen LogP) is 5.15. The van der Waals surface area contributed by atoms with Crippen LogP contribution in [0.5, 0.6) is 0 Å². The second kappa shape index (κ2) is 5.17. The Balaban J connectivity index is 1.73. The molecule has 2 aromatic rings. The largest absolute Gasteiger partial charge is 0.294 e. The van der Waals surface area contributed by atoms with Crippen LogP contribution in [-0.2, 0) is 4.79 Å². The molecule has 0 spiro atoms. The number of carbonyl (C=O) groups is 1. The van der Waals surface area contributed by atoms with Crippen molar-refractivity contribution in [3.8, 4) is 0 Å². The number of rotatable bonds is 2. The van der Waals surface area contributed by atoms with E-state index < -0.39 is 0 Å². The number of benzene rings is 2. The molecule has 3 aliphatic carbocycles. The minimum atomic E-state index is 0.246. The van der Waals surface area contributed by atoms with Gasteiger partial charge in [-0.1, -0.05) is 60.2 Å². The summed E-state index contributed by atoms with van der Waals surface area (Å²) >= 11 is 0. The normalized spacial score (nSPS) is 31.0. The number of allylic oxidation sites excluding steroid dienone is 2. The van der Waals surface area contributed by atoms with Crippen LogP contribution in [0.3, 0.4) is 0 Å². The van der Waals surface area contributed by atoms with Gasteiger partial charge in [-0.05, 0) is 60.6 Å². The molecule has 0 saturated heterocycles. The van der Waals surface area contributed by atoms with Crippen molar-refractivity contribution in [2.45, 2.75) is 26.2 Å². The topological polar surface area (TPSA) is 17.1 Å². The van der Waals surface area contributed by atoms with Gasteiger partial charge in [-0.3, -0.25) is 4.79 Å². The lowest BCUT2D eigenvalue weighted by Gasteiger charge is -2.26. The van der Waals surface area contributed by atoms with Crippen LogP contribution in [0.2, 0.25) is 0 Å². The van der Waals surface area contributed by atoms with Crippen molar-refractivity contribution in [3.63, 3.8) is 0 Å². The van der Waals surface area contributed by atoms with Gasteiger partial charge in [0.05, 0.1) is 0 Å². The zero-order chi connectivity index (χ0) is 16.3. The fourth-order valence-corrected chi connectivity index (χ4v) is 5.52. The first-order valence-electron chi connectivity index (χ1n) is 9.15. The number of hydrogen-bond donors (Lipinski definition) is 0. The number of fused-ring (bicyclic) bond motifs is 5. The molecule has 5 rings (SSSR count). The van der Waals surface area contributed by atoms with Crippen LogP contribution in [-0.4, -0.2) is 5.78 Å². The highest BCUT2D eigenvalue weighted by molar-refractivity contribution is 6.32. The fraction of sp³-hybridized carbons (Fsp3) is 0.348. The fourth-order valence-electron chi connectivity index (χ4n) is 5.52. The van der Waals surface area contributed by atoms with E-state index in [-0.39, 0.29) is 5.92 Å². The standard InChI is InChI=1S/C23H22O/c1-14-7-9-16(10-8-14)21-19(15-5-3-2-4-6-15)20-17-11-12-18(13-17)22(20)23(21)24/h2-10,17-18,20,22H,11-13H2,1H3/t17-,18+,20-,22-/m1/s1. The molecule has 1 heteroatoms. The molecule has 2 aromatic carbocycles. The van der Waals surface area contributed by atoms with E-state index in [1.54, 1.807) is 0 Å². The van der Waals surface area contributed by atoms with Crippen molar-refractivity contribution in [2.75, 3.05) is 0 Å². The van der Waals surface area contributed by atoms with Gasteiger partial charge in [0, 0.05) is 11.5 Å². The van der Waals surface area contributed by atoms with Crippen molar-refractivity contribution in [2.24, 2.45) is 23.7 Å². The minimum absolute atomic E-state index is 0.246. The summed E-state index contributed by atoms with van der Waals surface area (Å²) in [6.07, 6.45) is 3.82. The summed E-state index contributed by atoms with van der Waals surface area (Å²) in [5.41, 5.74) is 5.94. The van der Waals surface area contributed by atoms with Crippen LogP contribution in [0.1, 0.15) is 36.0 Å². The smallest absolute Gasteiger partial charge is 0.167 e. The zero-order valence-corrected chi connectivity index (χ0v) is 14.0. The lowest BCUT2D eigenvalue weighted by atomic mass is 9.77. The Kier molecular flexibility index (Phi) is 3.06. The minimum Gasteiger partial charge on any atom is -0.294 e. The van der Waals surface area contributed by atoms with E-state index >= 15 is 0 Å². The van der Waals surface area contributed by atoms with E-state index in [4.69, 9.17) is 0 Å². The second-order valence-electron chi connectivity index (χ2n) is 7.77. The first kappa shape index (κ1) is 14.2. The van der Waals surface area contributed by atoms with E-state index in [2.05, 4.69) is 61.5 Å². The average molecular weight is 314 g/mol. The summed E-state index contributed by atoms with van der Waals surface area (Å²) in [4.78, 5) is 13.4. The van der Waals surface area contributed by atoms with Gasteiger partial charge in [0.2, 0.25) is 0 Å². The molecule has 4 atom stereocenters. The molecule has 24 heavy (non-hydrogen) atoms. The van der Waals surface area contributed by atoms with Gasteiger partial charge in [-0.15, -0.1) is 0 Å². The van der Waals surface area contributed by atoms with Crippen molar-refractivity contribution < 1.29 is 4.79 Å². The Morgan fingerprint density at radius 1 is 0.792 bits per heavy atom. The number of ketones is 1. The highest BCUT2D eigenvalue weighted by Gasteiger charge is 2.56. The van der Waals surface area contributed by atoms with Gasteiger partial charge in [-0.25, -0.2) is 0 Å². The van der Waals surface area contributed by atoms with E-state index in [0.29, 0.717) is 23.5 Å². The molecule has 0 N–H and O–H groups in total. The first-order chi connectivity index (χ1) is 11.7. The SMILES string of the molecule is Cc1ccc(C2=C(c3ccccc3)[C@H]3[C@@H]4CC[C@@H](C4)[C@H]3C2=O)cc1. The molecule has 0 aromatic heterocycles. The molecule has 0 aliphatic heterocycles. The summed E-state index contributed by atoms with van der Waals surface area (Å²) in [5, 5.41) is 0. The van der Waals surface area contributed by atoms with Crippen LogP contribution in [0.15, 0.2) is 54.6 Å². The van der Waals surface area contributed by atoms with Crippen molar-refractivity contribution in [1.29, 1.82) is 0 Å². The van der Waals surface area contributed by atoms with Crippen LogP contribution in [0.25, 0.3) is 11.1 Å². The van der Waals surface area contributed by atoms with Crippen molar-refractivity contribution >= 4 is 16.9 Å². The Labute approximate surface area is 143 Å². The highest BCUT2D eigenvalue weighted by atomic mass is 16.1. The van der Waals surface area contributed by atoms with E-state index in [9.17, 15) is 4.79 Å². The molecule has 2 bridgehead atoms. The molecule has 120 valence electrons. The number of hydrogen-bond acceptors (Lipinski definition) is 1. The number of carbonyl (C=O) groups excluding carboxylic acids is 1. The number of aryl methyl sites for hydroxylation is 1. The predicted molar refractivity (Wildman–Crippen MR) is 97.3 cm³/mol. The number of Topliss-reactive ketones (excluding diaryl/α,β-unsaturated/α-hetero) is 1. The Hall–Kier alpha value is -2.15. The summed E-state index contributed by atoms with van der Waals surface area (Å²) in [5.74, 6) is 2.44. The van der Waals surface area contributed by atoms with E-state index in [0.717, 1.165) is 11.1 Å². The summed E-state index contributed by atoms with van der Waals surface area (Å²) < 4.78 is 0. The lowest BCUT2D eigenvalue weighted by molar-refractivity contribution is -0.118. The van der Waals surface area contributed by atoms with Gasteiger partial charge in [-0.2, -0.15) is 0 Å². The quantitative estimate of drug-likeness (QED) is 0.749. The first-order valence-corrected chi connectivity index (χ1v) is 9.15. The van der Waals surface area contributed by atoms with Crippen LogP contribution in [0, 0.1) is 30.6 Å². The molecule has 3 aliphatic rings. The molecule has 0 radical (unpaired) electrons. The average Bonchev–Trinajstić information content (AvgIpc) is 3.29. The van der Waals surface area contributed by atoms with Crippen LogP contribution >= 0.6 is 0 Å². The van der Waals surface area contributed by atoms with E-state index in [1.807, 2.05) is 0 Å². The third kappa shape index (κ3) is 1.90. The van der Waals surface area contributed by atoms with Gasteiger partial charge < -0.3 is 0 Å². The third-order valence-corrected chi connectivity index (χ3v) is 6.49.